The Balaban J connectivity index is 2.71. The van der Waals surface area contributed by atoms with Crippen LogP contribution in [0.25, 0.3) is 0 Å². The van der Waals surface area contributed by atoms with Gasteiger partial charge in [-0.25, -0.2) is 0 Å². The van der Waals surface area contributed by atoms with Crippen LogP contribution in [-0.4, -0.2) is 30.1 Å². The lowest BCUT2D eigenvalue weighted by atomic mass is 9.92. The van der Waals surface area contributed by atoms with Crippen molar-refractivity contribution in [1.82, 2.24) is 4.90 Å². The average Bonchev–Trinajstić information content (AvgIpc) is 1.97. The summed E-state index contributed by atoms with van der Waals surface area (Å²) < 4.78 is 4.97. The van der Waals surface area contributed by atoms with Crippen molar-refractivity contribution < 1.29 is 14.3 Å². The molecule has 13 heavy (non-hydrogen) atoms. The molecule has 1 rings (SSSR count). The molecular formula is C9H15NO3. The maximum Gasteiger partial charge on any atom is 0.236 e. The summed E-state index contributed by atoms with van der Waals surface area (Å²) >= 11 is 0. The van der Waals surface area contributed by atoms with Crippen molar-refractivity contribution in [3.05, 3.63) is 0 Å². The first kappa shape index (κ1) is 10.2. The van der Waals surface area contributed by atoms with E-state index in [1.165, 1.54) is 12.0 Å². The predicted molar refractivity (Wildman–Crippen MR) is 46.7 cm³/mol. The number of amides is 2. The number of ether oxygens (including phenoxy) is 1. The largest absolute Gasteiger partial charge is 0.360 e. The summed E-state index contributed by atoms with van der Waals surface area (Å²) in [4.78, 5) is 24.0. The number of methoxy groups -OCH3 is 1. The fourth-order valence-electron chi connectivity index (χ4n) is 1.18. The summed E-state index contributed by atoms with van der Waals surface area (Å²) in [6.45, 7) is 5.36. The van der Waals surface area contributed by atoms with Crippen LogP contribution < -0.4 is 0 Å². The van der Waals surface area contributed by atoms with Crippen LogP contribution in [0.4, 0.5) is 0 Å². The standard InChI is InChI=1S/C9H15NO3/c1-9(2,3)8(12)10-6(11)5-7(10)13-4/h7H,5H2,1-4H3. The van der Waals surface area contributed by atoms with Crippen molar-refractivity contribution in [1.29, 1.82) is 0 Å². The Morgan fingerprint density at radius 3 is 2.38 bits per heavy atom. The number of β-lactam (4-membered cyclic amide) rings is 1. The van der Waals surface area contributed by atoms with E-state index in [0.717, 1.165) is 0 Å². The molecule has 1 aliphatic rings. The molecule has 4 nitrogen and oxygen atoms in total. The second kappa shape index (κ2) is 3.10. The molecule has 0 bridgehead atoms. The van der Waals surface area contributed by atoms with Crippen molar-refractivity contribution in [2.75, 3.05) is 7.11 Å². The second-order valence-electron chi connectivity index (χ2n) is 4.21. The van der Waals surface area contributed by atoms with E-state index in [9.17, 15) is 9.59 Å². The Bertz CT molecular complexity index is 242. The monoisotopic (exact) mass is 185 g/mol. The molecule has 1 aliphatic heterocycles. The molecule has 1 fully saturated rings. The van der Waals surface area contributed by atoms with Crippen LogP contribution in [0.1, 0.15) is 27.2 Å². The van der Waals surface area contributed by atoms with Gasteiger partial charge in [0.1, 0.15) is 6.23 Å². The Hall–Kier alpha value is -0.900. The lowest BCUT2D eigenvalue weighted by molar-refractivity contribution is -0.182. The normalized spacial score (nSPS) is 22.9. The molecular weight excluding hydrogens is 170 g/mol. The van der Waals surface area contributed by atoms with Gasteiger partial charge in [-0.05, 0) is 0 Å². The van der Waals surface area contributed by atoms with Crippen LogP contribution in [0, 0.1) is 5.41 Å². The summed E-state index contributed by atoms with van der Waals surface area (Å²) in [6, 6.07) is 0. The molecule has 2 amide bonds. The Kier molecular flexibility index (Phi) is 2.43. The Morgan fingerprint density at radius 2 is 2.08 bits per heavy atom. The summed E-state index contributed by atoms with van der Waals surface area (Å²) in [5, 5.41) is 0. The number of carbonyl (C=O) groups is 2. The SMILES string of the molecule is COC1CC(=O)N1C(=O)C(C)(C)C. The van der Waals surface area contributed by atoms with Gasteiger partial charge >= 0.3 is 0 Å². The van der Waals surface area contributed by atoms with E-state index in [2.05, 4.69) is 0 Å². The van der Waals surface area contributed by atoms with Crippen LogP contribution in [0.2, 0.25) is 0 Å². The third-order valence-electron chi connectivity index (χ3n) is 2.04. The fraction of sp³-hybridized carbons (Fsp3) is 0.778. The zero-order chi connectivity index (χ0) is 10.2. The van der Waals surface area contributed by atoms with Gasteiger partial charge in [0.15, 0.2) is 0 Å². The van der Waals surface area contributed by atoms with Crippen molar-refractivity contribution in [2.45, 2.75) is 33.4 Å². The number of nitrogens with zero attached hydrogens (tertiary/aromatic N) is 1. The van der Waals surface area contributed by atoms with E-state index in [1.807, 2.05) is 0 Å². The summed E-state index contributed by atoms with van der Waals surface area (Å²) in [6.07, 6.45) is -0.0302. The third kappa shape index (κ3) is 1.72. The Labute approximate surface area is 77.8 Å². The first-order valence-electron chi connectivity index (χ1n) is 4.27. The highest BCUT2D eigenvalue weighted by Gasteiger charge is 2.44. The highest BCUT2D eigenvalue weighted by molar-refractivity contribution is 6.01. The first-order valence-corrected chi connectivity index (χ1v) is 4.27. The van der Waals surface area contributed by atoms with Gasteiger partial charge in [0.05, 0.1) is 6.42 Å². The summed E-state index contributed by atoms with van der Waals surface area (Å²) in [5.41, 5.74) is -0.521. The smallest absolute Gasteiger partial charge is 0.236 e. The molecule has 0 N–H and O–H groups in total. The van der Waals surface area contributed by atoms with Gasteiger partial charge in [-0.1, -0.05) is 20.8 Å². The van der Waals surface area contributed by atoms with Crippen molar-refractivity contribution in [2.24, 2.45) is 5.41 Å². The van der Waals surface area contributed by atoms with Gasteiger partial charge in [-0.2, -0.15) is 0 Å². The quantitative estimate of drug-likeness (QED) is 0.567. The molecule has 0 aromatic carbocycles. The molecule has 0 aliphatic carbocycles. The van der Waals surface area contributed by atoms with Crippen molar-refractivity contribution >= 4 is 11.8 Å². The maximum atomic E-state index is 11.7. The van der Waals surface area contributed by atoms with Crippen LogP contribution in [0.3, 0.4) is 0 Å². The van der Waals surface area contributed by atoms with E-state index >= 15 is 0 Å². The number of imide groups is 1. The van der Waals surface area contributed by atoms with Crippen LogP contribution >= 0.6 is 0 Å². The predicted octanol–water partition coefficient (Wildman–Crippen LogP) is 0.764. The van der Waals surface area contributed by atoms with Crippen molar-refractivity contribution in [3.63, 3.8) is 0 Å². The van der Waals surface area contributed by atoms with E-state index in [1.54, 1.807) is 20.8 Å². The molecule has 1 heterocycles. The Morgan fingerprint density at radius 1 is 1.54 bits per heavy atom. The molecule has 1 atom stereocenters. The lowest BCUT2D eigenvalue weighted by Crippen LogP contribution is -2.59. The van der Waals surface area contributed by atoms with Crippen LogP contribution in [0.15, 0.2) is 0 Å². The molecule has 0 radical (unpaired) electrons. The summed E-state index contributed by atoms with van der Waals surface area (Å²) in [7, 11) is 1.50. The fourth-order valence-corrected chi connectivity index (χ4v) is 1.18. The molecule has 0 spiro atoms. The molecule has 0 aromatic heterocycles. The second-order valence-corrected chi connectivity index (χ2v) is 4.21. The highest BCUT2D eigenvalue weighted by atomic mass is 16.5. The zero-order valence-electron chi connectivity index (χ0n) is 8.46. The van der Waals surface area contributed by atoms with Crippen LogP contribution in [0.5, 0.6) is 0 Å². The molecule has 74 valence electrons. The number of hydrogen-bond acceptors (Lipinski definition) is 3. The lowest BCUT2D eigenvalue weighted by Gasteiger charge is -2.40. The van der Waals surface area contributed by atoms with Crippen LogP contribution in [-0.2, 0) is 14.3 Å². The van der Waals surface area contributed by atoms with Gasteiger partial charge in [0, 0.05) is 12.5 Å². The van der Waals surface area contributed by atoms with Gasteiger partial charge in [0.2, 0.25) is 11.8 Å². The third-order valence-corrected chi connectivity index (χ3v) is 2.04. The molecule has 4 heteroatoms. The minimum atomic E-state index is -0.521. The van der Waals surface area contributed by atoms with Gasteiger partial charge in [-0.15, -0.1) is 0 Å². The number of rotatable bonds is 1. The van der Waals surface area contributed by atoms with Gasteiger partial charge < -0.3 is 4.74 Å². The van der Waals surface area contributed by atoms with E-state index in [4.69, 9.17) is 4.74 Å². The van der Waals surface area contributed by atoms with E-state index in [0.29, 0.717) is 6.42 Å². The molecule has 0 saturated carbocycles. The number of hydrogen-bond donors (Lipinski definition) is 0. The zero-order valence-corrected chi connectivity index (χ0v) is 8.46. The maximum absolute atomic E-state index is 11.7. The van der Waals surface area contributed by atoms with Gasteiger partial charge in [-0.3, -0.25) is 14.5 Å². The minimum absolute atomic E-state index is 0.147. The van der Waals surface area contributed by atoms with E-state index < -0.39 is 5.41 Å². The topological polar surface area (TPSA) is 46.6 Å². The number of likely N-dealkylation sites (tertiary alicyclic amines) is 1. The highest BCUT2D eigenvalue weighted by Crippen LogP contribution is 2.27. The molecule has 1 saturated heterocycles. The average molecular weight is 185 g/mol. The van der Waals surface area contributed by atoms with Gasteiger partial charge in [0.25, 0.3) is 0 Å². The van der Waals surface area contributed by atoms with E-state index in [-0.39, 0.29) is 18.0 Å². The molecule has 1 unspecified atom stereocenters. The summed E-state index contributed by atoms with van der Waals surface area (Å²) in [5.74, 6) is -0.317. The molecule has 0 aromatic rings. The minimum Gasteiger partial charge on any atom is -0.360 e. The first-order chi connectivity index (χ1) is 5.88. The number of carbonyl (C=O) groups excluding carboxylic acids is 2. The van der Waals surface area contributed by atoms with Crippen molar-refractivity contribution in [3.8, 4) is 0 Å².